The van der Waals surface area contributed by atoms with Crippen LogP contribution in [0.5, 0.6) is 0 Å². The molecule has 20 heavy (non-hydrogen) atoms. The highest BCUT2D eigenvalue weighted by Gasteiger charge is 2.26. The lowest BCUT2D eigenvalue weighted by Crippen LogP contribution is -2.40. The molecule has 1 aromatic heterocycles. The van der Waals surface area contributed by atoms with E-state index in [1.54, 1.807) is 0 Å². The second kappa shape index (κ2) is 6.88. The first-order valence-electron chi connectivity index (χ1n) is 7.19. The molecule has 1 fully saturated rings. The average molecular weight is 295 g/mol. The normalized spacial score (nSPS) is 19.1. The number of carboxylic acids is 1. The standard InChI is InChI=1S/C15H21NO3S/c1-2-12-7-9-20-14(12)15(19)16-8-3-4-11(10-16)5-6-13(17)18/h7,9,11H,2-6,8,10H2,1H3,(H,17,18)/t11-/m0/s1. The summed E-state index contributed by atoms with van der Waals surface area (Å²) >= 11 is 1.51. The molecule has 0 aliphatic carbocycles. The van der Waals surface area contributed by atoms with Crippen molar-refractivity contribution in [1.29, 1.82) is 0 Å². The van der Waals surface area contributed by atoms with Crippen molar-refractivity contribution in [3.8, 4) is 0 Å². The summed E-state index contributed by atoms with van der Waals surface area (Å²) in [6, 6.07) is 2.02. The minimum atomic E-state index is -0.750. The van der Waals surface area contributed by atoms with Crippen molar-refractivity contribution in [3.05, 3.63) is 21.9 Å². The van der Waals surface area contributed by atoms with Crippen LogP contribution in [0.1, 0.15) is 47.8 Å². The molecule has 5 heteroatoms. The third-order valence-corrected chi connectivity index (χ3v) is 4.84. The Kier molecular flexibility index (Phi) is 5.17. The van der Waals surface area contributed by atoms with Gasteiger partial charge in [-0.15, -0.1) is 11.3 Å². The van der Waals surface area contributed by atoms with Crippen LogP contribution in [0.2, 0.25) is 0 Å². The predicted molar refractivity (Wildman–Crippen MR) is 79.2 cm³/mol. The Morgan fingerprint density at radius 1 is 1.50 bits per heavy atom. The van der Waals surface area contributed by atoms with Gasteiger partial charge < -0.3 is 10.0 Å². The summed E-state index contributed by atoms with van der Waals surface area (Å²) < 4.78 is 0. The largest absolute Gasteiger partial charge is 0.481 e. The van der Waals surface area contributed by atoms with Gasteiger partial charge in [-0.05, 0) is 48.6 Å². The maximum atomic E-state index is 12.5. The minimum absolute atomic E-state index is 0.122. The third-order valence-electron chi connectivity index (χ3n) is 3.89. The zero-order valence-electron chi connectivity index (χ0n) is 11.8. The highest BCUT2D eigenvalue weighted by atomic mass is 32.1. The number of piperidine rings is 1. The molecule has 1 saturated heterocycles. The van der Waals surface area contributed by atoms with Crippen LogP contribution < -0.4 is 0 Å². The fourth-order valence-electron chi connectivity index (χ4n) is 2.76. The van der Waals surface area contributed by atoms with E-state index in [2.05, 4.69) is 6.92 Å². The van der Waals surface area contributed by atoms with Gasteiger partial charge in [0.15, 0.2) is 0 Å². The Morgan fingerprint density at radius 3 is 3.00 bits per heavy atom. The summed E-state index contributed by atoms with van der Waals surface area (Å²) in [5, 5.41) is 10.7. The molecule has 2 rings (SSSR count). The van der Waals surface area contributed by atoms with Crippen molar-refractivity contribution in [1.82, 2.24) is 4.90 Å². The van der Waals surface area contributed by atoms with Gasteiger partial charge in [-0.3, -0.25) is 9.59 Å². The second-order valence-electron chi connectivity index (χ2n) is 5.32. The first-order valence-corrected chi connectivity index (χ1v) is 8.07. The monoisotopic (exact) mass is 295 g/mol. The molecule has 0 aromatic carbocycles. The number of nitrogens with zero attached hydrogens (tertiary/aromatic N) is 1. The molecule has 0 spiro atoms. The maximum Gasteiger partial charge on any atom is 0.303 e. The van der Waals surface area contributed by atoms with Crippen molar-refractivity contribution in [3.63, 3.8) is 0 Å². The number of carbonyl (C=O) groups excluding carboxylic acids is 1. The Morgan fingerprint density at radius 2 is 2.30 bits per heavy atom. The summed E-state index contributed by atoms with van der Waals surface area (Å²) in [6.07, 6.45) is 3.75. The van der Waals surface area contributed by atoms with E-state index >= 15 is 0 Å². The van der Waals surface area contributed by atoms with Crippen LogP contribution in [-0.4, -0.2) is 35.0 Å². The topological polar surface area (TPSA) is 57.6 Å². The number of carboxylic acid groups (broad SMARTS) is 1. The lowest BCUT2D eigenvalue weighted by Gasteiger charge is -2.32. The SMILES string of the molecule is CCc1ccsc1C(=O)N1CCC[C@@H](CCC(=O)O)C1. The van der Waals surface area contributed by atoms with E-state index in [-0.39, 0.29) is 12.3 Å². The number of amides is 1. The van der Waals surface area contributed by atoms with Gasteiger partial charge in [-0.1, -0.05) is 6.92 Å². The first-order chi connectivity index (χ1) is 9.61. The Balaban J connectivity index is 1.98. The van der Waals surface area contributed by atoms with E-state index in [0.29, 0.717) is 18.9 Å². The minimum Gasteiger partial charge on any atom is -0.481 e. The zero-order valence-corrected chi connectivity index (χ0v) is 12.6. The van der Waals surface area contributed by atoms with Gasteiger partial charge in [0, 0.05) is 19.5 Å². The molecule has 0 saturated carbocycles. The molecule has 2 heterocycles. The molecule has 1 aliphatic rings. The Labute approximate surface area is 123 Å². The van der Waals surface area contributed by atoms with Gasteiger partial charge >= 0.3 is 5.97 Å². The van der Waals surface area contributed by atoms with Crippen LogP contribution in [0.15, 0.2) is 11.4 Å². The van der Waals surface area contributed by atoms with Crippen LogP contribution in [0, 0.1) is 5.92 Å². The molecule has 1 amide bonds. The second-order valence-corrected chi connectivity index (χ2v) is 6.24. The number of likely N-dealkylation sites (tertiary alicyclic amines) is 1. The molecule has 0 unspecified atom stereocenters. The van der Waals surface area contributed by atoms with Crippen LogP contribution in [0.3, 0.4) is 0 Å². The van der Waals surface area contributed by atoms with Gasteiger partial charge in [0.2, 0.25) is 0 Å². The molecule has 4 nitrogen and oxygen atoms in total. The first kappa shape index (κ1) is 15.0. The van der Waals surface area contributed by atoms with Crippen molar-refractivity contribution >= 4 is 23.2 Å². The number of hydrogen-bond donors (Lipinski definition) is 1. The predicted octanol–water partition coefficient (Wildman–Crippen LogP) is 3.03. The molecule has 1 N–H and O–H groups in total. The Bertz CT molecular complexity index is 483. The summed E-state index contributed by atoms with van der Waals surface area (Å²) in [6.45, 7) is 3.56. The number of rotatable bonds is 5. The molecular weight excluding hydrogens is 274 g/mol. The van der Waals surface area contributed by atoms with Crippen LogP contribution in [0.25, 0.3) is 0 Å². The zero-order chi connectivity index (χ0) is 14.5. The van der Waals surface area contributed by atoms with Crippen molar-refractivity contribution < 1.29 is 14.7 Å². The number of aliphatic carboxylic acids is 1. The van der Waals surface area contributed by atoms with Gasteiger partial charge in [0.25, 0.3) is 5.91 Å². The van der Waals surface area contributed by atoms with E-state index in [9.17, 15) is 9.59 Å². The number of carbonyl (C=O) groups is 2. The molecule has 1 aliphatic heterocycles. The van der Waals surface area contributed by atoms with E-state index < -0.39 is 5.97 Å². The molecular formula is C15H21NO3S. The summed E-state index contributed by atoms with van der Waals surface area (Å²) in [7, 11) is 0. The van der Waals surface area contributed by atoms with Crippen LogP contribution >= 0.6 is 11.3 Å². The van der Waals surface area contributed by atoms with E-state index in [4.69, 9.17) is 5.11 Å². The summed E-state index contributed by atoms with van der Waals surface area (Å²) in [4.78, 5) is 25.9. The quantitative estimate of drug-likeness (QED) is 0.908. The lowest BCUT2D eigenvalue weighted by atomic mass is 9.93. The maximum absolute atomic E-state index is 12.5. The van der Waals surface area contributed by atoms with E-state index in [0.717, 1.165) is 36.2 Å². The Hall–Kier alpha value is -1.36. The molecule has 0 bridgehead atoms. The highest BCUT2D eigenvalue weighted by Crippen LogP contribution is 2.25. The van der Waals surface area contributed by atoms with Gasteiger partial charge in [0.05, 0.1) is 4.88 Å². The van der Waals surface area contributed by atoms with Crippen LogP contribution in [0.4, 0.5) is 0 Å². The average Bonchev–Trinajstić information content (AvgIpc) is 2.93. The van der Waals surface area contributed by atoms with E-state index in [1.165, 1.54) is 11.3 Å². The number of thiophene rings is 1. The van der Waals surface area contributed by atoms with Crippen LogP contribution in [-0.2, 0) is 11.2 Å². The van der Waals surface area contributed by atoms with Gasteiger partial charge in [-0.2, -0.15) is 0 Å². The van der Waals surface area contributed by atoms with Gasteiger partial charge in [-0.25, -0.2) is 0 Å². The molecule has 1 atom stereocenters. The van der Waals surface area contributed by atoms with Crippen molar-refractivity contribution in [2.45, 2.75) is 39.0 Å². The fourth-order valence-corrected chi connectivity index (χ4v) is 3.72. The molecule has 0 radical (unpaired) electrons. The van der Waals surface area contributed by atoms with E-state index in [1.807, 2.05) is 16.3 Å². The molecule has 110 valence electrons. The molecule has 1 aromatic rings. The fraction of sp³-hybridized carbons (Fsp3) is 0.600. The highest BCUT2D eigenvalue weighted by molar-refractivity contribution is 7.12. The number of hydrogen-bond acceptors (Lipinski definition) is 3. The van der Waals surface area contributed by atoms with Gasteiger partial charge in [0.1, 0.15) is 0 Å². The summed E-state index contributed by atoms with van der Waals surface area (Å²) in [5.74, 6) is -0.300. The number of aryl methyl sites for hydroxylation is 1. The van der Waals surface area contributed by atoms with Crippen molar-refractivity contribution in [2.75, 3.05) is 13.1 Å². The third kappa shape index (κ3) is 3.60. The lowest BCUT2D eigenvalue weighted by molar-refractivity contribution is -0.137. The van der Waals surface area contributed by atoms with Crippen molar-refractivity contribution in [2.24, 2.45) is 5.92 Å². The summed E-state index contributed by atoms with van der Waals surface area (Å²) in [5.41, 5.74) is 1.12. The smallest absolute Gasteiger partial charge is 0.303 e.